The number of hydrogen-bond donors (Lipinski definition) is 0. The summed E-state index contributed by atoms with van der Waals surface area (Å²) < 4.78 is 0. The van der Waals surface area contributed by atoms with E-state index in [1.807, 2.05) is 0 Å². The van der Waals surface area contributed by atoms with Crippen LogP contribution in [0, 0.1) is 0 Å². The van der Waals surface area contributed by atoms with Crippen LogP contribution in [0.5, 0.6) is 0 Å². The Bertz CT molecular complexity index is 2760. The number of aryl methyl sites for hydroxylation is 1. The van der Waals surface area contributed by atoms with Gasteiger partial charge in [0.15, 0.2) is 0 Å². The summed E-state index contributed by atoms with van der Waals surface area (Å²) in [5.74, 6) is 0. The normalized spacial score (nSPS) is 12.3. The van der Waals surface area contributed by atoms with Crippen LogP contribution in [0.3, 0.4) is 0 Å². The van der Waals surface area contributed by atoms with E-state index in [4.69, 9.17) is 0 Å². The van der Waals surface area contributed by atoms with Crippen LogP contribution in [-0.2, 0) is 6.42 Å². The highest BCUT2D eigenvalue weighted by Crippen LogP contribution is 2.50. The summed E-state index contributed by atoms with van der Waals surface area (Å²) in [6.45, 7) is 0. The second-order valence-electron chi connectivity index (χ2n) is 14.0. The zero-order valence-electron chi connectivity index (χ0n) is 29.4. The number of para-hydroxylation sites is 2. The molecular formula is C52H37N. The summed E-state index contributed by atoms with van der Waals surface area (Å²) >= 11 is 0. The van der Waals surface area contributed by atoms with Crippen LogP contribution in [0.25, 0.3) is 71.8 Å². The summed E-state index contributed by atoms with van der Waals surface area (Å²) in [6, 6.07) is 68.7. The van der Waals surface area contributed by atoms with Crippen molar-refractivity contribution in [1.29, 1.82) is 0 Å². The molecule has 0 atom stereocenters. The van der Waals surface area contributed by atoms with E-state index in [0.717, 1.165) is 29.9 Å². The van der Waals surface area contributed by atoms with Gasteiger partial charge in [0.1, 0.15) is 0 Å². The number of hydrogen-bond acceptors (Lipinski definition) is 1. The summed E-state index contributed by atoms with van der Waals surface area (Å²) in [7, 11) is 0. The van der Waals surface area contributed by atoms with Gasteiger partial charge in [-0.3, -0.25) is 0 Å². The van der Waals surface area contributed by atoms with Gasteiger partial charge >= 0.3 is 0 Å². The number of rotatable bonds is 6. The van der Waals surface area contributed by atoms with Gasteiger partial charge in [0.25, 0.3) is 0 Å². The van der Waals surface area contributed by atoms with Crippen molar-refractivity contribution in [2.45, 2.75) is 12.8 Å². The lowest BCUT2D eigenvalue weighted by Gasteiger charge is -2.26. The molecule has 0 N–H and O–H groups in total. The fraction of sp³-hybridized carbons (Fsp3) is 0.0385. The molecule has 250 valence electrons. The van der Waals surface area contributed by atoms with Crippen molar-refractivity contribution in [3.05, 3.63) is 205 Å². The molecule has 1 aliphatic carbocycles. The number of anilines is 3. The molecular weight excluding hydrogens is 639 g/mol. The Morgan fingerprint density at radius 1 is 0.396 bits per heavy atom. The van der Waals surface area contributed by atoms with Crippen LogP contribution in [0.1, 0.15) is 17.5 Å². The first-order valence-corrected chi connectivity index (χ1v) is 18.6. The molecule has 1 nitrogen and oxygen atoms in total. The van der Waals surface area contributed by atoms with Crippen molar-refractivity contribution in [1.82, 2.24) is 0 Å². The molecule has 1 aliphatic rings. The van der Waals surface area contributed by atoms with Crippen molar-refractivity contribution in [3.63, 3.8) is 0 Å². The molecule has 0 aliphatic heterocycles. The Balaban J connectivity index is 1.29. The largest absolute Gasteiger partial charge is 0.311 e. The second kappa shape index (κ2) is 13.1. The first kappa shape index (κ1) is 31.1. The van der Waals surface area contributed by atoms with E-state index in [-0.39, 0.29) is 0 Å². The van der Waals surface area contributed by atoms with Crippen LogP contribution < -0.4 is 4.90 Å². The molecule has 0 fully saturated rings. The van der Waals surface area contributed by atoms with E-state index in [1.54, 1.807) is 0 Å². The van der Waals surface area contributed by atoms with Gasteiger partial charge in [-0.05, 0) is 138 Å². The molecule has 1 heteroatoms. The van der Waals surface area contributed by atoms with E-state index >= 15 is 0 Å². The third-order valence-corrected chi connectivity index (χ3v) is 10.9. The van der Waals surface area contributed by atoms with Gasteiger partial charge in [-0.25, -0.2) is 0 Å². The van der Waals surface area contributed by atoms with Gasteiger partial charge < -0.3 is 4.90 Å². The minimum absolute atomic E-state index is 1.04. The van der Waals surface area contributed by atoms with Crippen molar-refractivity contribution in [3.8, 4) is 33.4 Å². The number of nitrogens with zero attached hydrogens (tertiary/aromatic N) is 1. The van der Waals surface area contributed by atoms with Crippen molar-refractivity contribution < 1.29 is 0 Å². The number of benzene rings is 9. The monoisotopic (exact) mass is 675 g/mol. The Kier molecular flexibility index (Phi) is 7.69. The molecule has 9 aromatic carbocycles. The van der Waals surface area contributed by atoms with Crippen LogP contribution in [-0.4, -0.2) is 0 Å². The minimum Gasteiger partial charge on any atom is -0.311 e. The predicted molar refractivity (Wildman–Crippen MR) is 227 cm³/mol. The number of fused-ring (bicyclic) bond motifs is 7. The summed E-state index contributed by atoms with van der Waals surface area (Å²) in [6.07, 6.45) is 6.86. The Morgan fingerprint density at radius 2 is 0.981 bits per heavy atom. The maximum absolute atomic E-state index is 2.47. The predicted octanol–water partition coefficient (Wildman–Crippen LogP) is 14.6. The van der Waals surface area contributed by atoms with Gasteiger partial charge in [0.05, 0.1) is 0 Å². The zero-order valence-corrected chi connectivity index (χ0v) is 29.4. The van der Waals surface area contributed by atoms with Gasteiger partial charge in [0.2, 0.25) is 0 Å². The molecule has 0 bridgehead atoms. The molecule has 0 saturated carbocycles. The molecule has 0 unspecified atom stereocenters. The Morgan fingerprint density at radius 3 is 1.70 bits per heavy atom. The summed E-state index contributed by atoms with van der Waals surface area (Å²) in [4.78, 5) is 2.33. The van der Waals surface area contributed by atoms with Crippen LogP contribution in [0.15, 0.2) is 194 Å². The third-order valence-electron chi connectivity index (χ3n) is 10.9. The average Bonchev–Trinajstić information content (AvgIpc) is 3.24. The van der Waals surface area contributed by atoms with Crippen molar-refractivity contribution in [2.75, 3.05) is 4.90 Å². The molecule has 0 heterocycles. The molecule has 0 aromatic heterocycles. The smallest absolute Gasteiger partial charge is 0.0462 e. The van der Waals surface area contributed by atoms with E-state index < -0.39 is 0 Å². The van der Waals surface area contributed by atoms with Gasteiger partial charge in [-0.1, -0.05) is 152 Å². The molecule has 9 aromatic rings. The highest BCUT2D eigenvalue weighted by atomic mass is 15.1. The minimum atomic E-state index is 1.04. The van der Waals surface area contributed by atoms with E-state index in [1.165, 1.54) is 76.8 Å². The highest BCUT2D eigenvalue weighted by molar-refractivity contribution is 6.24. The van der Waals surface area contributed by atoms with Crippen LogP contribution in [0.4, 0.5) is 17.1 Å². The molecule has 53 heavy (non-hydrogen) atoms. The second-order valence-corrected chi connectivity index (χ2v) is 14.0. The highest BCUT2D eigenvalue weighted by Gasteiger charge is 2.24. The van der Waals surface area contributed by atoms with E-state index in [2.05, 4.69) is 205 Å². The maximum atomic E-state index is 2.47. The number of allylic oxidation sites excluding steroid dienone is 1. The zero-order chi connectivity index (χ0) is 35.1. The Hall–Kier alpha value is -6.70. The topological polar surface area (TPSA) is 3.24 Å². The summed E-state index contributed by atoms with van der Waals surface area (Å²) in [5, 5.41) is 7.81. The molecule has 0 radical (unpaired) electrons. The fourth-order valence-electron chi connectivity index (χ4n) is 8.48. The maximum Gasteiger partial charge on any atom is 0.0462 e. The van der Waals surface area contributed by atoms with Crippen LogP contribution in [0.2, 0.25) is 0 Å². The molecule has 0 amide bonds. The SMILES string of the molecule is C1=Cc2c(c3ccccc3c3c(-c4ccc(N(c5ccccc5)c5ccccc5)cc4)cc(-c4ccc5ccccc5c4)c(-c4ccccc4)c23)CC1. The standard InChI is InChI=1S/C52H37N/c1-4-17-38(18-5-1)50-49(40-29-28-36-16-10-11-19-39(36)34-40)35-48(51-46-26-14-12-24-44(46)45-25-13-15-27-47(45)52(50)51)37-30-32-43(33-31-37)53(41-20-6-2-7-21-41)42-22-8-3-9-23-42/h1-12,14-24,26-35H,13,25H2. The van der Waals surface area contributed by atoms with Crippen molar-refractivity contribution in [2.24, 2.45) is 0 Å². The lowest BCUT2D eigenvalue weighted by molar-refractivity contribution is 1.00. The molecule has 0 saturated heterocycles. The van der Waals surface area contributed by atoms with Crippen molar-refractivity contribution >= 4 is 55.5 Å². The third kappa shape index (κ3) is 5.41. The van der Waals surface area contributed by atoms with Crippen LogP contribution >= 0.6 is 0 Å². The summed E-state index contributed by atoms with van der Waals surface area (Å²) in [5.41, 5.74) is 13.6. The lowest BCUT2D eigenvalue weighted by Crippen LogP contribution is -2.09. The van der Waals surface area contributed by atoms with Gasteiger partial charge in [-0.15, -0.1) is 0 Å². The van der Waals surface area contributed by atoms with E-state index in [0.29, 0.717) is 0 Å². The molecule has 0 spiro atoms. The van der Waals surface area contributed by atoms with Gasteiger partial charge in [0, 0.05) is 17.1 Å². The fourth-order valence-corrected chi connectivity index (χ4v) is 8.48. The lowest BCUT2D eigenvalue weighted by atomic mass is 9.78. The Labute approximate surface area is 310 Å². The first-order chi connectivity index (χ1) is 26.3. The quantitative estimate of drug-likeness (QED) is 0.159. The van der Waals surface area contributed by atoms with E-state index in [9.17, 15) is 0 Å². The first-order valence-electron chi connectivity index (χ1n) is 18.6. The van der Waals surface area contributed by atoms with Gasteiger partial charge in [-0.2, -0.15) is 0 Å². The average molecular weight is 676 g/mol. The molecule has 10 rings (SSSR count).